The second kappa shape index (κ2) is 5.35. The summed E-state index contributed by atoms with van der Waals surface area (Å²) in [6.07, 6.45) is 0. The van der Waals surface area contributed by atoms with Crippen LogP contribution in [0, 0.1) is 0 Å². The predicted molar refractivity (Wildman–Crippen MR) is 65.2 cm³/mol. The molecule has 1 aromatic rings. The molecule has 0 spiro atoms. The Bertz CT molecular complexity index is 530. The normalized spacial score (nSPS) is 17.6. The highest BCUT2D eigenvalue weighted by Crippen LogP contribution is 2.26. The molecule has 100 valence electrons. The van der Waals surface area contributed by atoms with Gasteiger partial charge in [-0.2, -0.15) is 4.31 Å². The largest absolute Gasteiger partial charge is 0.465 e. The molecule has 0 bridgehead atoms. The first kappa shape index (κ1) is 13.5. The second-order valence-corrected chi connectivity index (χ2v) is 6.44. The van der Waals surface area contributed by atoms with E-state index < -0.39 is 16.0 Å². The lowest BCUT2D eigenvalue weighted by Gasteiger charge is -2.25. The molecule has 0 aromatic carbocycles. The number of hydrogen-bond acceptors (Lipinski definition) is 6. The number of hydrogen-bond donors (Lipinski definition) is 0. The minimum absolute atomic E-state index is 0.0150. The molecule has 8 heteroatoms. The number of esters is 1. The van der Waals surface area contributed by atoms with Crippen molar-refractivity contribution in [1.29, 1.82) is 0 Å². The van der Waals surface area contributed by atoms with Crippen LogP contribution in [0.15, 0.2) is 16.3 Å². The van der Waals surface area contributed by atoms with Gasteiger partial charge in [0, 0.05) is 13.1 Å². The lowest BCUT2D eigenvalue weighted by atomic mass is 10.5. The molecule has 1 aliphatic rings. The topological polar surface area (TPSA) is 72.9 Å². The Morgan fingerprint density at radius 2 is 2.11 bits per heavy atom. The van der Waals surface area contributed by atoms with Gasteiger partial charge in [-0.1, -0.05) is 0 Å². The van der Waals surface area contributed by atoms with Crippen LogP contribution in [0.25, 0.3) is 0 Å². The van der Waals surface area contributed by atoms with Crippen molar-refractivity contribution in [3.8, 4) is 0 Å². The van der Waals surface area contributed by atoms with E-state index in [1.54, 1.807) is 5.38 Å². The molecule has 18 heavy (non-hydrogen) atoms. The molecule has 1 fully saturated rings. The van der Waals surface area contributed by atoms with E-state index in [0.717, 1.165) is 11.3 Å². The van der Waals surface area contributed by atoms with Gasteiger partial charge in [0.15, 0.2) is 0 Å². The molecule has 1 aliphatic heterocycles. The maximum absolute atomic E-state index is 12.4. The van der Waals surface area contributed by atoms with Crippen molar-refractivity contribution in [3.63, 3.8) is 0 Å². The second-order valence-electron chi connectivity index (χ2n) is 3.62. The Morgan fingerprint density at radius 3 is 2.72 bits per heavy atom. The number of nitrogens with zero attached hydrogens (tertiary/aromatic N) is 1. The Hall–Kier alpha value is -0.960. The average Bonchev–Trinajstić information content (AvgIpc) is 2.89. The van der Waals surface area contributed by atoms with Gasteiger partial charge in [0.2, 0.25) is 10.0 Å². The Kier molecular flexibility index (Phi) is 4.00. The first-order valence-corrected chi connectivity index (χ1v) is 7.63. The fraction of sp³-hybridized carbons (Fsp3) is 0.500. The standard InChI is InChI=1S/C10H13NO5S2/c1-15-10(12)9-8(2-7-17-9)18(13,14)11-3-5-16-6-4-11/h2,7H,3-6H2,1H3. The number of carbonyl (C=O) groups is 1. The molecule has 0 unspecified atom stereocenters. The summed E-state index contributed by atoms with van der Waals surface area (Å²) in [7, 11) is -2.41. The third-order valence-corrected chi connectivity index (χ3v) is 5.55. The number of thiophene rings is 1. The number of sulfonamides is 1. The fourth-order valence-electron chi connectivity index (χ4n) is 1.67. The molecule has 0 saturated carbocycles. The molecule has 0 amide bonds. The van der Waals surface area contributed by atoms with E-state index in [2.05, 4.69) is 4.74 Å². The van der Waals surface area contributed by atoms with Crippen LogP contribution >= 0.6 is 11.3 Å². The van der Waals surface area contributed by atoms with Gasteiger partial charge in [-0.25, -0.2) is 13.2 Å². The summed E-state index contributed by atoms with van der Waals surface area (Å²) >= 11 is 1.06. The van der Waals surface area contributed by atoms with Gasteiger partial charge in [0.1, 0.15) is 9.77 Å². The molecule has 0 radical (unpaired) electrons. The van der Waals surface area contributed by atoms with Crippen molar-refractivity contribution >= 4 is 27.3 Å². The zero-order valence-electron chi connectivity index (χ0n) is 9.79. The molecule has 0 atom stereocenters. The first-order valence-electron chi connectivity index (χ1n) is 5.31. The first-order chi connectivity index (χ1) is 8.57. The van der Waals surface area contributed by atoms with Gasteiger partial charge < -0.3 is 9.47 Å². The van der Waals surface area contributed by atoms with Crippen LogP contribution < -0.4 is 0 Å². The zero-order chi connectivity index (χ0) is 13.2. The molecule has 0 N–H and O–H groups in total. The summed E-state index contributed by atoms with van der Waals surface area (Å²) < 4.78 is 35.7. The monoisotopic (exact) mass is 291 g/mol. The van der Waals surface area contributed by atoms with Crippen molar-refractivity contribution in [2.75, 3.05) is 33.4 Å². The van der Waals surface area contributed by atoms with Gasteiger partial charge in [0.25, 0.3) is 0 Å². The summed E-state index contributed by atoms with van der Waals surface area (Å²) in [5.74, 6) is -0.628. The average molecular weight is 291 g/mol. The van der Waals surface area contributed by atoms with E-state index in [9.17, 15) is 13.2 Å². The molecule has 1 aromatic heterocycles. The Labute approximate surface area is 109 Å². The maximum atomic E-state index is 12.4. The summed E-state index contributed by atoms with van der Waals surface area (Å²) in [6.45, 7) is 1.35. The lowest BCUT2D eigenvalue weighted by molar-refractivity contribution is 0.0601. The highest BCUT2D eigenvalue weighted by Gasteiger charge is 2.31. The molecular weight excluding hydrogens is 278 g/mol. The number of ether oxygens (including phenoxy) is 2. The maximum Gasteiger partial charge on any atom is 0.349 e. The molecule has 2 rings (SSSR count). The van der Waals surface area contributed by atoms with Gasteiger partial charge in [0.05, 0.1) is 20.3 Å². The molecule has 6 nitrogen and oxygen atoms in total. The van der Waals surface area contributed by atoms with Crippen LogP contribution in [0.2, 0.25) is 0 Å². The third kappa shape index (κ3) is 2.41. The van der Waals surface area contributed by atoms with Crippen LogP contribution in [-0.4, -0.2) is 52.1 Å². The number of morpholine rings is 1. The van der Waals surface area contributed by atoms with Crippen LogP contribution in [0.5, 0.6) is 0 Å². The Balaban J connectivity index is 2.35. The van der Waals surface area contributed by atoms with E-state index in [4.69, 9.17) is 4.74 Å². The number of rotatable bonds is 3. The van der Waals surface area contributed by atoms with E-state index in [1.807, 2.05) is 0 Å². The van der Waals surface area contributed by atoms with Crippen LogP contribution in [0.3, 0.4) is 0 Å². The van der Waals surface area contributed by atoms with Crippen molar-refractivity contribution < 1.29 is 22.7 Å². The van der Waals surface area contributed by atoms with Crippen molar-refractivity contribution in [2.24, 2.45) is 0 Å². The third-order valence-electron chi connectivity index (χ3n) is 2.59. The minimum atomic E-state index is -3.64. The van der Waals surface area contributed by atoms with Crippen LogP contribution in [0.4, 0.5) is 0 Å². The number of carbonyl (C=O) groups excluding carboxylic acids is 1. The van der Waals surface area contributed by atoms with Gasteiger partial charge in [-0.3, -0.25) is 0 Å². The number of methoxy groups -OCH3 is 1. The fourth-order valence-corrected chi connectivity index (χ4v) is 4.38. The quantitative estimate of drug-likeness (QED) is 0.761. The van der Waals surface area contributed by atoms with Crippen LogP contribution in [-0.2, 0) is 19.5 Å². The lowest BCUT2D eigenvalue weighted by Crippen LogP contribution is -2.40. The van der Waals surface area contributed by atoms with Crippen molar-refractivity contribution in [3.05, 3.63) is 16.3 Å². The highest BCUT2D eigenvalue weighted by atomic mass is 32.2. The smallest absolute Gasteiger partial charge is 0.349 e. The van der Waals surface area contributed by atoms with Gasteiger partial charge >= 0.3 is 5.97 Å². The van der Waals surface area contributed by atoms with E-state index in [1.165, 1.54) is 17.5 Å². The summed E-state index contributed by atoms with van der Waals surface area (Å²) in [5, 5.41) is 1.57. The predicted octanol–water partition coefficient (Wildman–Crippen LogP) is 0.556. The van der Waals surface area contributed by atoms with E-state index in [0.29, 0.717) is 26.3 Å². The van der Waals surface area contributed by atoms with Gasteiger partial charge in [-0.05, 0) is 11.4 Å². The minimum Gasteiger partial charge on any atom is -0.465 e. The van der Waals surface area contributed by atoms with Crippen LogP contribution in [0.1, 0.15) is 9.67 Å². The Morgan fingerprint density at radius 1 is 1.44 bits per heavy atom. The SMILES string of the molecule is COC(=O)c1sccc1S(=O)(=O)N1CCOCC1. The zero-order valence-corrected chi connectivity index (χ0v) is 11.4. The summed E-state index contributed by atoms with van der Waals surface area (Å²) in [6, 6.07) is 1.43. The van der Waals surface area contributed by atoms with E-state index in [-0.39, 0.29) is 9.77 Å². The molecule has 1 saturated heterocycles. The summed E-state index contributed by atoms with van der Waals surface area (Å²) in [4.78, 5) is 11.6. The molecular formula is C10H13NO5S2. The van der Waals surface area contributed by atoms with E-state index >= 15 is 0 Å². The summed E-state index contributed by atoms with van der Waals surface area (Å²) in [5.41, 5.74) is 0. The van der Waals surface area contributed by atoms with Crippen molar-refractivity contribution in [1.82, 2.24) is 4.31 Å². The van der Waals surface area contributed by atoms with Crippen molar-refractivity contribution in [2.45, 2.75) is 4.90 Å². The highest BCUT2D eigenvalue weighted by molar-refractivity contribution is 7.89. The molecule has 2 heterocycles. The van der Waals surface area contributed by atoms with Gasteiger partial charge in [-0.15, -0.1) is 11.3 Å². The molecule has 0 aliphatic carbocycles.